The molecule has 1 N–H and O–H groups in total. The summed E-state index contributed by atoms with van der Waals surface area (Å²) >= 11 is 0. The zero-order valence-electron chi connectivity index (χ0n) is 16.1. The van der Waals surface area contributed by atoms with Crippen molar-refractivity contribution in [2.24, 2.45) is 4.99 Å². The second-order valence-corrected chi connectivity index (χ2v) is 7.07. The van der Waals surface area contributed by atoms with E-state index < -0.39 is 12.2 Å². The fourth-order valence-electron chi connectivity index (χ4n) is 3.39. The Hall–Kier alpha value is -0.330. The van der Waals surface area contributed by atoms with E-state index in [0.29, 0.717) is 32.2 Å². The normalized spacial score (nSPS) is 25.7. The Morgan fingerprint density at radius 2 is 1.73 bits per heavy atom. The number of likely N-dealkylation sites (N-methyl/N-ethyl adjacent to an activating group) is 2. The number of nitrogens with one attached hydrogen (secondary N) is 1. The molecule has 154 valence electrons. The second kappa shape index (κ2) is 10.3. The molecule has 26 heavy (non-hydrogen) atoms. The molecule has 2 aliphatic rings. The zero-order chi connectivity index (χ0) is 18.6. The van der Waals surface area contributed by atoms with Gasteiger partial charge in [0, 0.05) is 65.4 Å². The van der Waals surface area contributed by atoms with Crippen LogP contribution in [0.2, 0.25) is 0 Å². The summed E-state index contributed by atoms with van der Waals surface area (Å²) in [4.78, 5) is 12.5. The fraction of sp³-hybridized carbons (Fsp3) is 0.938. The van der Waals surface area contributed by atoms with Crippen molar-refractivity contribution < 1.29 is 13.2 Å². The van der Waals surface area contributed by atoms with E-state index >= 15 is 0 Å². The number of hydrogen-bond acceptors (Lipinski definition) is 4. The van der Waals surface area contributed by atoms with Crippen molar-refractivity contribution in [2.45, 2.75) is 25.2 Å². The Labute approximate surface area is 171 Å². The van der Waals surface area contributed by atoms with Crippen molar-refractivity contribution in [1.29, 1.82) is 0 Å². The molecule has 0 spiro atoms. The van der Waals surface area contributed by atoms with E-state index in [0.717, 1.165) is 32.1 Å². The van der Waals surface area contributed by atoms with E-state index in [1.54, 1.807) is 7.05 Å². The second-order valence-electron chi connectivity index (χ2n) is 7.07. The lowest BCUT2D eigenvalue weighted by Crippen LogP contribution is -2.59. The molecule has 0 aromatic rings. The first kappa shape index (κ1) is 23.7. The van der Waals surface area contributed by atoms with Gasteiger partial charge in [-0.05, 0) is 21.0 Å². The fourth-order valence-corrected chi connectivity index (χ4v) is 3.39. The van der Waals surface area contributed by atoms with Crippen molar-refractivity contribution >= 4 is 29.9 Å². The van der Waals surface area contributed by atoms with Crippen LogP contribution in [0, 0.1) is 0 Å². The Bertz CT molecular complexity index is 454. The number of aliphatic imine (C=N–C) groups is 1. The van der Waals surface area contributed by atoms with Gasteiger partial charge in [-0.25, -0.2) is 0 Å². The quantitative estimate of drug-likeness (QED) is 0.362. The van der Waals surface area contributed by atoms with Crippen LogP contribution in [-0.2, 0) is 0 Å². The summed E-state index contributed by atoms with van der Waals surface area (Å²) in [6.07, 6.45) is -4.17. The van der Waals surface area contributed by atoms with Gasteiger partial charge >= 0.3 is 6.18 Å². The highest BCUT2D eigenvalue weighted by molar-refractivity contribution is 14.0. The molecule has 0 bridgehead atoms. The van der Waals surface area contributed by atoms with Gasteiger partial charge in [0.15, 0.2) is 5.96 Å². The molecule has 2 saturated heterocycles. The van der Waals surface area contributed by atoms with Crippen LogP contribution < -0.4 is 5.32 Å². The summed E-state index contributed by atoms with van der Waals surface area (Å²) in [5, 5.41) is 3.40. The van der Waals surface area contributed by atoms with Crippen LogP contribution in [-0.4, -0.2) is 117 Å². The highest BCUT2D eigenvalue weighted by atomic mass is 127. The molecule has 6 nitrogen and oxygen atoms in total. The number of guanidine groups is 1. The van der Waals surface area contributed by atoms with Crippen LogP contribution in [0.5, 0.6) is 0 Å². The maximum Gasteiger partial charge on any atom is 0.403 e. The minimum Gasteiger partial charge on any atom is -0.355 e. The van der Waals surface area contributed by atoms with Gasteiger partial charge in [0.2, 0.25) is 0 Å². The van der Waals surface area contributed by atoms with E-state index in [1.165, 1.54) is 11.8 Å². The zero-order valence-corrected chi connectivity index (χ0v) is 18.4. The van der Waals surface area contributed by atoms with E-state index in [9.17, 15) is 13.2 Å². The van der Waals surface area contributed by atoms with Gasteiger partial charge in [0.05, 0.1) is 0 Å². The molecular weight excluding hydrogens is 460 g/mol. The van der Waals surface area contributed by atoms with Crippen molar-refractivity contribution in [2.75, 3.05) is 73.5 Å². The third-order valence-electron chi connectivity index (χ3n) is 5.32. The minimum atomic E-state index is -4.17. The molecule has 0 aromatic carbocycles. The van der Waals surface area contributed by atoms with Crippen LogP contribution >= 0.6 is 24.0 Å². The Morgan fingerprint density at radius 3 is 2.27 bits per heavy atom. The third kappa shape index (κ3) is 6.38. The van der Waals surface area contributed by atoms with Crippen LogP contribution in [0.15, 0.2) is 4.99 Å². The lowest BCUT2D eigenvalue weighted by molar-refractivity contribution is -0.181. The van der Waals surface area contributed by atoms with Gasteiger partial charge in [-0.15, -0.1) is 24.0 Å². The Balaban J connectivity index is 0.00000338. The first-order chi connectivity index (χ1) is 11.7. The highest BCUT2D eigenvalue weighted by Gasteiger charge is 2.41. The number of nitrogens with zero attached hydrogens (tertiary/aromatic N) is 5. The summed E-state index contributed by atoms with van der Waals surface area (Å²) in [5.41, 5.74) is 0. The molecule has 0 aromatic heterocycles. The Kier molecular flexibility index (Phi) is 9.37. The predicted molar refractivity (Wildman–Crippen MR) is 109 cm³/mol. The van der Waals surface area contributed by atoms with E-state index in [2.05, 4.69) is 34.2 Å². The number of hydrogen-bond donors (Lipinski definition) is 1. The molecular formula is C16H32F3IN6. The lowest BCUT2D eigenvalue weighted by Gasteiger charge is -2.41. The standard InChI is InChI=1S/C16H31F3N6.HI/c1-13(16(17,18)19)24-7-9-25(10-8-24)15(20-2)21-11-14-12-22(3)5-6-23(14)4;/h13-14H,5-12H2,1-4H3,(H,20,21);1H. The van der Waals surface area contributed by atoms with Gasteiger partial charge in [0.1, 0.15) is 6.04 Å². The van der Waals surface area contributed by atoms with Gasteiger partial charge < -0.3 is 15.1 Å². The molecule has 0 aliphatic carbocycles. The average Bonchev–Trinajstić information content (AvgIpc) is 2.57. The first-order valence-corrected chi connectivity index (χ1v) is 8.87. The summed E-state index contributed by atoms with van der Waals surface area (Å²) in [6, 6.07) is -0.988. The van der Waals surface area contributed by atoms with Crippen LogP contribution in [0.25, 0.3) is 0 Å². The molecule has 0 saturated carbocycles. The molecule has 2 heterocycles. The Morgan fingerprint density at radius 1 is 1.12 bits per heavy atom. The molecule has 10 heteroatoms. The highest BCUT2D eigenvalue weighted by Crippen LogP contribution is 2.25. The molecule has 0 radical (unpaired) electrons. The van der Waals surface area contributed by atoms with E-state index in [4.69, 9.17) is 0 Å². The molecule has 2 rings (SSSR count). The van der Waals surface area contributed by atoms with E-state index in [1.807, 2.05) is 4.90 Å². The minimum absolute atomic E-state index is 0. The number of alkyl halides is 3. The number of rotatable bonds is 3. The van der Waals surface area contributed by atoms with Gasteiger partial charge in [-0.1, -0.05) is 0 Å². The van der Waals surface area contributed by atoms with Crippen molar-refractivity contribution in [1.82, 2.24) is 24.9 Å². The van der Waals surface area contributed by atoms with E-state index in [-0.39, 0.29) is 24.0 Å². The summed E-state index contributed by atoms with van der Waals surface area (Å²) < 4.78 is 38.6. The van der Waals surface area contributed by atoms with Gasteiger partial charge in [-0.2, -0.15) is 13.2 Å². The van der Waals surface area contributed by atoms with Crippen molar-refractivity contribution in [3.05, 3.63) is 0 Å². The molecule has 2 unspecified atom stereocenters. The maximum atomic E-state index is 12.9. The molecule has 0 amide bonds. The molecule has 2 fully saturated rings. The first-order valence-electron chi connectivity index (χ1n) is 8.87. The molecule has 2 aliphatic heterocycles. The maximum absolute atomic E-state index is 12.9. The smallest absolute Gasteiger partial charge is 0.355 e. The topological polar surface area (TPSA) is 37.4 Å². The number of halogens is 4. The van der Waals surface area contributed by atoms with Crippen LogP contribution in [0.4, 0.5) is 13.2 Å². The largest absolute Gasteiger partial charge is 0.403 e. The van der Waals surface area contributed by atoms with Crippen LogP contribution in [0.3, 0.4) is 0 Å². The third-order valence-corrected chi connectivity index (χ3v) is 5.32. The average molecular weight is 492 g/mol. The lowest BCUT2D eigenvalue weighted by atomic mass is 10.2. The monoisotopic (exact) mass is 492 g/mol. The SMILES string of the molecule is CN=C(NCC1CN(C)CCN1C)N1CCN(C(C)C(F)(F)F)CC1.I. The van der Waals surface area contributed by atoms with Gasteiger partial charge in [0.25, 0.3) is 0 Å². The summed E-state index contributed by atoms with van der Waals surface area (Å²) in [5.74, 6) is 0.779. The van der Waals surface area contributed by atoms with Gasteiger partial charge in [-0.3, -0.25) is 14.8 Å². The van der Waals surface area contributed by atoms with Crippen LogP contribution in [0.1, 0.15) is 6.92 Å². The predicted octanol–water partition coefficient (Wildman–Crippen LogP) is 0.994. The van der Waals surface area contributed by atoms with Crippen molar-refractivity contribution in [3.8, 4) is 0 Å². The van der Waals surface area contributed by atoms with Crippen molar-refractivity contribution in [3.63, 3.8) is 0 Å². The molecule has 2 atom stereocenters. The number of piperazine rings is 2. The summed E-state index contributed by atoms with van der Waals surface area (Å²) in [6.45, 7) is 7.03. The summed E-state index contributed by atoms with van der Waals surface area (Å²) in [7, 11) is 5.97.